The highest BCUT2D eigenvalue weighted by molar-refractivity contribution is 5.18. The molecule has 0 radical (unpaired) electrons. The molecule has 0 saturated heterocycles. The molecule has 5 heteroatoms. The topological polar surface area (TPSA) is 52.8 Å². The van der Waals surface area contributed by atoms with Crippen LogP contribution in [0.4, 0.5) is 0 Å². The summed E-state index contributed by atoms with van der Waals surface area (Å²) < 4.78 is 6.60. The van der Waals surface area contributed by atoms with Crippen LogP contribution in [0.25, 0.3) is 5.95 Å². The molecule has 2 aromatic heterocycles. The van der Waals surface area contributed by atoms with Gasteiger partial charge in [-0.25, -0.2) is 9.67 Å². The van der Waals surface area contributed by atoms with Crippen LogP contribution in [0.3, 0.4) is 0 Å². The molecule has 0 amide bonds. The van der Waals surface area contributed by atoms with Crippen molar-refractivity contribution in [1.82, 2.24) is 19.7 Å². The van der Waals surface area contributed by atoms with Gasteiger partial charge >= 0.3 is 0 Å². The number of aryl methyl sites for hydroxylation is 1. The Balaban J connectivity index is 0.000000606. The number of ether oxygens (including phenoxy) is 1. The highest BCUT2D eigenvalue weighted by Crippen LogP contribution is 2.07. The third-order valence-electron chi connectivity index (χ3n) is 1.74. The number of aromatic nitrogens is 4. The molecule has 2 heterocycles. The number of nitrogens with zero attached hydrogens (tertiary/aromatic N) is 4. The van der Waals surface area contributed by atoms with Crippen molar-refractivity contribution in [1.29, 1.82) is 0 Å². The minimum Gasteiger partial charge on any atom is -0.481 e. The Hall–Kier alpha value is -1.91. The Kier molecular flexibility index (Phi) is 4.44. The Morgan fingerprint density at radius 2 is 2.06 bits per heavy atom. The summed E-state index contributed by atoms with van der Waals surface area (Å²) in [7, 11) is 1.57. The lowest BCUT2D eigenvalue weighted by Gasteiger charge is -2.01. The fourth-order valence-corrected chi connectivity index (χ4v) is 1.08. The monoisotopic (exact) mass is 220 g/mol. The van der Waals surface area contributed by atoms with Crippen LogP contribution in [-0.2, 0) is 0 Å². The van der Waals surface area contributed by atoms with Gasteiger partial charge in [-0.15, -0.1) is 0 Å². The predicted molar refractivity (Wildman–Crippen MR) is 61.8 cm³/mol. The van der Waals surface area contributed by atoms with Crippen LogP contribution in [0.2, 0.25) is 0 Å². The number of hydrogen-bond donors (Lipinski definition) is 0. The van der Waals surface area contributed by atoms with Crippen molar-refractivity contribution in [3.8, 4) is 11.8 Å². The molecule has 2 rings (SSSR count). The molecule has 16 heavy (non-hydrogen) atoms. The molecule has 0 aromatic carbocycles. The van der Waals surface area contributed by atoms with E-state index in [1.807, 2.05) is 27.0 Å². The van der Waals surface area contributed by atoms with Crippen LogP contribution in [-0.4, -0.2) is 26.9 Å². The predicted octanol–water partition coefficient (Wildman–Crippen LogP) is 2.01. The average molecular weight is 220 g/mol. The summed E-state index contributed by atoms with van der Waals surface area (Å²) in [4.78, 5) is 8.22. The molecular weight excluding hydrogens is 204 g/mol. The molecule has 0 bridgehead atoms. The van der Waals surface area contributed by atoms with Crippen LogP contribution in [0, 0.1) is 6.92 Å². The van der Waals surface area contributed by atoms with Gasteiger partial charge in [-0.05, 0) is 12.5 Å². The second kappa shape index (κ2) is 5.85. The highest BCUT2D eigenvalue weighted by Gasteiger charge is 2.02. The van der Waals surface area contributed by atoms with Crippen LogP contribution in [0.5, 0.6) is 5.88 Å². The molecule has 0 unspecified atom stereocenters. The largest absolute Gasteiger partial charge is 0.481 e. The van der Waals surface area contributed by atoms with Crippen molar-refractivity contribution in [3.63, 3.8) is 0 Å². The molecular formula is C11H16N4O. The van der Waals surface area contributed by atoms with Crippen molar-refractivity contribution >= 4 is 0 Å². The van der Waals surface area contributed by atoms with E-state index in [2.05, 4.69) is 15.1 Å². The summed E-state index contributed by atoms with van der Waals surface area (Å²) in [6, 6.07) is 1.69. The summed E-state index contributed by atoms with van der Waals surface area (Å²) >= 11 is 0. The SMILES string of the molecule is CC.COc1ccnc(-n2cc(C)cn2)n1. The molecule has 0 aliphatic heterocycles. The molecule has 0 aliphatic carbocycles. The summed E-state index contributed by atoms with van der Waals surface area (Å²) in [5.74, 6) is 1.04. The first-order valence-electron chi connectivity index (χ1n) is 5.18. The van der Waals surface area contributed by atoms with E-state index in [4.69, 9.17) is 4.74 Å². The van der Waals surface area contributed by atoms with Gasteiger partial charge in [0.05, 0.1) is 13.3 Å². The first kappa shape index (κ1) is 12.2. The highest BCUT2D eigenvalue weighted by atomic mass is 16.5. The maximum Gasteiger partial charge on any atom is 0.253 e. The standard InChI is InChI=1S/C9H10N4O.C2H6/c1-7-5-11-13(6-7)9-10-4-3-8(12-9)14-2;1-2/h3-6H,1-2H3;1-2H3. The molecule has 0 N–H and O–H groups in total. The molecule has 86 valence electrons. The first-order valence-corrected chi connectivity index (χ1v) is 5.18. The average Bonchev–Trinajstić information content (AvgIpc) is 2.79. The minimum atomic E-state index is 0.512. The first-order chi connectivity index (χ1) is 7.79. The second-order valence-corrected chi connectivity index (χ2v) is 2.86. The van der Waals surface area contributed by atoms with Crippen molar-refractivity contribution < 1.29 is 4.74 Å². The van der Waals surface area contributed by atoms with Crippen molar-refractivity contribution in [3.05, 3.63) is 30.2 Å². The van der Waals surface area contributed by atoms with Gasteiger partial charge in [0.2, 0.25) is 5.88 Å². The van der Waals surface area contributed by atoms with Crippen LogP contribution in [0.15, 0.2) is 24.7 Å². The lowest BCUT2D eigenvalue weighted by atomic mass is 10.4. The van der Waals surface area contributed by atoms with E-state index in [1.54, 1.807) is 30.3 Å². The third-order valence-corrected chi connectivity index (χ3v) is 1.74. The van der Waals surface area contributed by atoms with Gasteiger partial charge < -0.3 is 4.74 Å². The maximum absolute atomic E-state index is 4.99. The van der Waals surface area contributed by atoms with Gasteiger partial charge in [0, 0.05) is 18.5 Å². The van der Waals surface area contributed by atoms with E-state index in [0.717, 1.165) is 5.56 Å². The fraction of sp³-hybridized carbons (Fsp3) is 0.364. The normalized spacial score (nSPS) is 9.25. The van der Waals surface area contributed by atoms with Crippen LogP contribution >= 0.6 is 0 Å². The lowest BCUT2D eigenvalue weighted by molar-refractivity contribution is 0.395. The Morgan fingerprint density at radius 1 is 1.31 bits per heavy atom. The summed E-state index contributed by atoms with van der Waals surface area (Å²) in [6.45, 7) is 5.96. The van der Waals surface area contributed by atoms with Crippen molar-refractivity contribution in [2.45, 2.75) is 20.8 Å². The summed E-state index contributed by atoms with van der Waals surface area (Å²) in [5.41, 5.74) is 1.07. The van der Waals surface area contributed by atoms with Crippen molar-refractivity contribution in [2.75, 3.05) is 7.11 Å². The minimum absolute atomic E-state index is 0.512. The van der Waals surface area contributed by atoms with E-state index in [1.165, 1.54) is 0 Å². The van der Waals surface area contributed by atoms with Gasteiger partial charge in [0.15, 0.2) is 0 Å². The summed E-state index contributed by atoms with van der Waals surface area (Å²) in [6.07, 6.45) is 5.25. The molecule has 5 nitrogen and oxygen atoms in total. The van der Waals surface area contributed by atoms with E-state index in [9.17, 15) is 0 Å². The number of methoxy groups -OCH3 is 1. The summed E-state index contributed by atoms with van der Waals surface area (Å²) in [5, 5.41) is 4.10. The van der Waals surface area contributed by atoms with Gasteiger partial charge in [-0.2, -0.15) is 10.1 Å². The van der Waals surface area contributed by atoms with E-state index in [0.29, 0.717) is 11.8 Å². The Morgan fingerprint density at radius 3 is 2.62 bits per heavy atom. The molecule has 0 spiro atoms. The van der Waals surface area contributed by atoms with E-state index < -0.39 is 0 Å². The third kappa shape index (κ3) is 2.79. The Bertz CT molecular complexity index is 439. The van der Waals surface area contributed by atoms with Gasteiger partial charge in [0.1, 0.15) is 0 Å². The number of hydrogen-bond acceptors (Lipinski definition) is 4. The zero-order valence-corrected chi connectivity index (χ0v) is 10.0. The van der Waals surface area contributed by atoms with Gasteiger partial charge in [0.25, 0.3) is 5.95 Å². The lowest BCUT2D eigenvalue weighted by Crippen LogP contribution is -2.02. The molecule has 0 saturated carbocycles. The quantitative estimate of drug-likeness (QED) is 0.776. The fourth-order valence-electron chi connectivity index (χ4n) is 1.08. The zero-order valence-electron chi connectivity index (χ0n) is 10.0. The second-order valence-electron chi connectivity index (χ2n) is 2.86. The van der Waals surface area contributed by atoms with Crippen molar-refractivity contribution in [2.24, 2.45) is 0 Å². The molecule has 0 fully saturated rings. The molecule has 0 atom stereocenters. The van der Waals surface area contributed by atoms with Crippen LogP contribution in [0.1, 0.15) is 19.4 Å². The smallest absolute Gasteiger partial charge is 0.253 e. The van der Waals surface area contributed by atoms with Gasteiger partial charge in [-0.3, -0.25) is 0 Å². The van der Waals surface area contributed by atoms with E-state index >= 15 is 0 Å². The Labute approximate surface area is 95.1 Å². The molecule has 0 aliphatic rings. The van der Waals surface area contributed by atoms with Gasteiger partial charge in [-0.1, -0.05) is 13.8 Å². The van der Waals surface area contributed by atoms with E-state index in [-0.39, 0.29) is 0 Å². The van der Waals surface area contributed by atoms with Crippen LogP contribution < -0.4 is 4.74 Å². The number of rotatable bonds is 2. The maximum atomic E-state index is 4.99. The molecule has 2 aromatic rings. The zero-order chi connectivity index (χ0) is 12.0.